The molecule has 2 rings (SSSR count). The number of aryl methyl sites for hydroxylation is 1. The summed E-state index contributed by atoms with van der Waals surface area (Å²) < 4.78 is 10.3. The summed E-state index contributed by atoms with van der Waals surface area (Å²) in [5.74, 6) is 0.640. The van der Waals surface area contributed by atoms with E-state index in [9.17, 15) is 9.90 Å². The third-order valence-corrected chi connectivity index (χ3v) is 4.36. The molecule has 5 heteroatoms. The van der Waals surface area contributed by atoms with E-state index in [1.54, 1.807) is 6.07 Å². The molecule has 5 nitrogen and oxygen atoms in total. The van der Waals surface area contributed by atoms with Gasteiger partial charge in [-0.15, -0.1) is 0 Å². The van der Waals surface area contributed by atoms with Gasteiger partial charge in [-0.1, -0.05) is 13.3 Å². The Labute approximate surface area is 125 Å². The van der Waals surface area contributed by atoms with E-state index < -0.39 is 5.97 Å². The first-order valence-corrected chi connectivity index (χ1v) is 7.67. The number of ether oxygens (including phenoxy) is 1. The SMILES string of the molecule is CCc1oc(C(=O)OC)cc1CN1C(C)CCCC1CO. The summed E-state index contributed by atoms with van der Waals surface area (Å²) in [6.45, 7) is 5.07. The first-order chi connectivity index (χ1) is 10.1. The Kier molecular flexibility index (Phi) is 5.42. The molecule has 1 fully saturated rings. The third kappa shape index (κ3) is 3.47. The van der Waals surface area contributed by atoms with Crippen molar-refractivity contribution in [2.45, 2.75) is 58.2 Å². The number of rotatable bonds is 5. The van der Waals surface area contributed by atoms with Crippen LogP contribution in [0, 0.1) is 0 Å². The van der Waals surface area contributed by atoms with Gasteiger partial charge in [-0.3, -0.25) is 4.90 Å². The maximum absolute atomic E-state index is 11.6. The van der Waals surface area contributed by atoms with E-state index in [0.29, 0.717) is 12.6 Å². The zero-order valence-corrected chi connectivity index (χ0v) is 13.1. The van der Waals surface area contributed by atoms with Crippen molar-refractivity contribution in [1.29, 1.82) is 0 Å². The quantitative estimate of drug-likeness (QED) is 0.845. The van der Waals surface area contributed by atoms with Crippen LogP contribution in [-0.4, -0.2) is 41.8 Å². The topological polar surface area (TPSA) is 62.9 Å². The zero-order chi connectivity index (χ0) is 15.4. The first kappa shape index (κ1) is 16.0. The fourth-order valence-corrected chi connectivity index (χ4v) is 3.12. The molecule has 118 valence electrons. The molecule has 0 amide bonds. The van der Waals surface area contributed by atoms with Crippen LogP contribution in [0.1, 0.15) is 55.0 Å². The summed E-state index contributed by atoms with van der Waals surface area (Å²) in [7, 11) is 1.35. The van der Waals surface area contributed by atoms with Crippen molar-refractivity contribution >= 4 is 5.97 Å². The zero-order valence-electron chi connectivity index (χ0n) is 13.1. The van der Waals surface area contributed by atoms with Crippen LogP contribution in [0.15, 0.2) is 10.5 Å². The van der Waals surface area contributed by atoms with Crippen molar-refractivity contribution in [2.24, 2.45) is 0 Å². The summed E-state index contributed by atoms with van der Waals surface area (Å²) in [6.07, 6.45) is 4.05. The van der Waals surface area contributed by atoms with Crippen LogP contribution in [0.5, 0.6) is 0 Å². The molecule has 2 unspecified atom stereocenters. The molecule has 1 aliphatic rings. The van der Waals surface area contributed by atoms with Gasteiger partial charge in [-0.05, 0) is 25.8 Å². The lowest BCUT2D eigenvalue weighted by Crippen LogP contribution is -2.46. The molecule has 1 aromatic heterocycles. The van der Waals surface area contributed by atoms with Gasteiger partial charge in [0.15, 0.2) is 0 Å². The Morgan fingerprint density at radius 1 is 1.52 bits per heavy atom. The van der Waals surface area contributed by atoms with Gasteiger partial charge < -0.3 is 14.3 Å². The third-order valence-electron chi connectivity index (χ3n) is 4.36. The highest BCUT2D eigenvalue weighted by molar-refractivity contribution is 5.86. The second kappa shape index (κ2) is 7.09. The van der Waals surface area contributed by atoms with Gasteiger partial charge >= 0.3 is 5.97 Å². The van der Waals surface area contributed by atoms with E-state index in [2.05, 4.69) is 11.8 Å². The fraction of sp³-hybridized carbons (Fsp3) is 0.688. The number of piperidine rings is 1. The molecule has 0 aromatic carbocycles. The first-order valence-electron chi connectivity index (χ1n) is 7.67. The summed E-state index contributed by atoms with van der Waals surface area (Å²) >= 11 is 0. The number of hydrogen-bond donors (Lipinski definition) is 1. The van der Waals surface area contributed by atoms with Crippen molar-refractivity contribution in [3.63, 3.8) is 0 Å². The van der Waals surface area contributed by atoms with Crippen molar-refractivity contribution < 1.29 is 19.1 Å². The smallest absolute Gasteiger partial charge is 0.373 e. The molecule has 0 aliphatic carbocycles. The second-order valence-electron chi connectivity index (χ2n) is 5.69. The Hall–Kier alpha value is -1.33. The van der Waals surface area contributed by atoms with E-state index in [1.807, 2.05) is 6.92 Å². The summed E-state index contributed by atoms with van der Waals surface area (Å²) in [5.41, 5.74) is 1.02. The van der Waals surface area contributed by atoms with E-state index >= 15 is 0 Å². The van der Waals surface area contributed by atoms with Crippen molar-refractivity contribution in [3.05, 3.63) is 23.2 Å². The van der Waals surface area contributed by atoms with E-state index in [4.69, 9.17) is 9.15 Å². The molecular formula is C16H25NO4. The predicted octanol–water partition coefficient (Wildman–Crippen LogP) is 2.36. The lowest BCUT2D eigenvalue weighted by atomic mass is 9.96. The van der Waals surface area contributed by atoms with Crippen LogP contribution in [0.25, 0.3) is 0 Å². The van der Waals surface area contributed by atoms with Gasteiger partial charge in [0.25, 0.3) is 0 Å². The van der Waals surface area contributed by atoms with Gasteiger partial charge in [-0.2, -0.15) is 0 Å². The highest BCUT2D eigenvalue weighted by Gasteiger charge is 2.29. The number of furan rings is 1. The molecule has 0 saturated carbocycles. The van der Waals surface area contributed by atoms with E-state index in [0.717, 1.165) is 37.0 Å². The molecule has 0 radical (unpaired) electrons. The van der Waals surface area contributed by atoms with Gasteiger partial charge in [0, 0.05) is 30.6 Å². The van der Waals surface area contributed by atoms with Crippen molar-refractivity contribution in [3.8, 4) is 0 Å². The monoisotopic (exact) mass is 295 g/mol. The minimum atomic E-state index is -0.443. The Morgan fingerprint density at radius 2 is 2.29 bits per heavy atom. The Balaban J connectivity index is 2.20. The number of hydrogen-bond acceptors (Lipinski definition) is 5. The molecule has 2 heterocycles. The minimum Gasteiger partial charge on any atom is -0.463 e. The number of carbonyl (C=O) groups is 1. The van der Waals surface area contributed by atoms with Crippen LogP contribution in [0.3, 0.4) is 0 Å². The molecule has 2 atom stereocenters. The van der Waals surface area contributed by atoms with Crippen LogP contribution in [0.2, 0.25) is 0 Å². The lowest BCUT2D eigenvalue weighted by molar-refractivity contribution is 0.0448. The number of likely N-dealkylation sites (tertiary alicyclic amines) is 1. The van der Waals surface area contributed by atoms with Crippen LogP contribution < -0.4 is 0 Å². The van der Waals surface area contributed by atoms with E-state index in [1.165, 1.54) is 7.11 Å². The molecule has 21 heavy (non-hydrogen) atoms. The molecule has 1 aliphatic heterocycles. The standard InChI is InChI=1S/C16H25NO4/c1-4-14-12(8-15(21-14)16(19)20-3)9-17-11(2)6-5-7-13(17)10-18/h8,11,13,18H,4-7,9-10H2,1-3H3. The maximum Gasteiger partial charge on any atom is 0.373 e. The molecule has 0 bridgehead atoms. The van der Waals surface area contributed by atoms with Crippen LogP contribution in [-0.2, 0) is 17.7 Å². The Bertz CT molecular complexity index is 483. The summed E-state index contributed by atoms with van der Waals surface area (Å²) in [4.78, 5) is 13.9. The average molecular weight is 295 g/mol. The van der Waals surface area contributed by atoms with Crippen molar-refractivity contribution in [2.75, 3.05) is 13.7 Å². The summed E-state index contributed by atoms with van der Waals surface area (Å²) in [6, 6.07) is 2.40. The number of aliphatic hydroxyl groups is 1. The number of esters is 1. The van der Waals surface area contributed by atoms with Gasteiger partial charge in [0.2, 0.25) is 5.76 Å². The number of carbonyl (C=O) groups excluding carboxylic acids is 1. The van der Waals surface area contributed by atoms with Gasteiger partial charge in [0.05, 0.1) is 13.7 Å². The van der Waals surface area contributed by atoms with Crippen LogP contribution in [0.4, 0.5) is 0 Å². The highest BCUT2D eigenvalue weighted by atomic mass is 16.5. The van der Waals surface area contributed by atoms with Crippen LogP contribution >= 0.6 is 0 Å². The lowest BCUT2D eigenvalue weighted by Gasteiger charge is -2.39. The summed E-state index contributed by atoms with van der Waals surface area (Å²) in [5, 5.41) is 9.58. The minimum absolute atomic E-state index is 0.174. The molecule has 0 spiro atoms. The second-order valence-corrected chi connectivity index (χ2v) is 5.69. The number of nitrogens with zero attached hydrogens (tertiary/aromatic N) is 1. The fourth-order valence-electron chi connectivity index (χ4n) is 3.12. The van der Waals surface area contributed by atoms with E-state index in [-0.39, 0.29) is 18.4 Å². The maximum atomic E-state index is 11.6. The molecular weight excluding hydrogens is 270 g/mol. The molecule has 1 aromatic rings. The number of methoxy groups -OCH3 is 1. The molecule has 1 saturated heterocycles. The largest absolute Gasteiger partial charge is 0.463 e. The normalized spacial score (nSPS) is 23.2. The van der Waals surface area contributed by atoms with Gasteiger partial charge in [-0.25, -0.2) is 4.79 Å². The molecule has 1 N–H and O–H groups in total. The number of aliphatic hydroxyl groups excluding tert-OH is 1. The predicted molar refractivity (Wildman–Crippen MR) is 79.2 cm³/mol. The van der Waals surface area contributed by atoms with Gasteiger partial charge in [0.1, 0.15) is 5.76 Å². The van der Waals surface area contributed by atoms with Crippen molar-refractivity contribution in [1.82, 2.24) is 4.90 Å². The highest BCUT2D eigenvalue weighted by Crippen LogP contribution is 2.27. The average Bonchev–Trinajstić information content (AvgIpc) is 2.91. The Morgan fingerprint density at radius 3 is 2.90 bits per heavy atom.